The largest absolute Gasteiger partial charge is 0.313 e. The van der Waals surface area contributed by atoms with E-state index in [4.69, 9.17) is 0 Å². The molecule has 1 heterocycles. The van der Waals surface area contributed by atoms with Crippen molar-refractivity contribution in [3.8, 4) is 0 Å². The van der Waals surface area contributed by atoms with E-state index in [0.717, 1.165) is 19.1 Å². The maximum absolute atomic E-state index is 10.5. The van der Waals surface area contributed by atoms with Gasteiger partial charge in [0.1, 0.15) is 6.29 Å². The number of hydroxylamine groups is 2. The van der Waals surface area contributed by atoms with E-state index in [1.54, 1.807) is 0 Å². The Balaban J connectivity index is 2.80. The Kier molecular flexibility index (Phi) is 3.02. The van der Waals surface area contributed by atoms with Gasteiger partial charge in [-0.3, -0.25) is 0 Å². The Morgan fingerprint density at radius 3 is 2.07 bits per heavy atom. The van der Waals surface area contributed by atoms with Gasteiger partial charge in [0, 0.05) is 17.5 Å². The third-order valence-corrected chi connectivity index (χ3v) is 3.15. The zero-order chi connectivity index (χ0) is 11.0. The van der Waals surface area contributed by atoms with E-state index >= 15 is 0 Å². The fourth-order valence-corrected chi connectivity index (χ4v) is 2.78. The van der Waals surface area contributed by atoms with E-state index in [2.05, 4.69) is 0 Å². The van der Waals surface area contributed by atoms with Crippen LogP contribution in [0, 0.1) is 5.92 Å². The van der Waals surface area contributed by atoms with Crippen LogP contribution in [0.3, 0.4) is 0 Å². The highest BCUT2D eigenvalue weighted by atomic mass is 16.5. The molecule has 0 spiro atoms. The summed E-state index contributed by atoms with van der Waals surface area (Å²) in [5.74, 6) is 0.404. The molecule has 1 rings (SSSR count). The summed E-state index contributed by atoms with van der Waals surface area (Å²) in [6, 6.07) is 0. The average Bonchev–Trinajstić information content (AvgIpc) is 1.99. The molecule has 1 saturated heterocycles. The summed E-state index contributed by atoms with van der Waals surface area (Å²) in [6.07, 6.45) is 3.36. The summed E-state index contributed by atoms with van der Waals surface area (Å²) >= 11 is 0. The van der Waals surface area contributed by atoms with Gasteiger partial charge in [-0.15, -0.1) is 0 Å². The number of hydrogen-bond donors (Lipinski definition) is 1. The van der Waals surface area contributed by atoms with Crippen molar-refractivity contribution in [2.45, 2.75) is 58.0 Å². The van der Waals surface area contributed by atoms with Crippen LogP contribution in [0.5, 0.6) is 0 Å². The van der Waals surface area contributed by atoms with E-state index in [1.807, 2.05) is 27.7 Å². The number of rotatable bonds is 2. The summed E-state index contributed by atoms with van der Waals surface area (Å²) in [7, 11) is 0. The van der Waals surface area contributed by atoms with E-state index < -0.39 is 0 Å². The van der Waals surface area contributed by atoms with Gasteiger partial charge in [0.2, 0.25) is 0 Å². The fourth-order valence-electron chi connectivity index (χ4n) is 2.78. The highest BCUT2D eigenvalue weighted by Gasteiger charge is 2.44. The molecule has 0 unspecified atom stereocenters. The van der Waals surface area contributed by atoms with Gasteiger partial charge >= 0.3 is 0 Å². The first kappa shape index (κ1) is 11.7. The van der Waals surface area contributed by atoms with Crippen LogP contribution in [0.15, 0.2) is 0 Å². The molecule has 14 heavy (non-hydrogen) atoms. The Morgan fingerprint density at radius 2 is 1.71 bits per heavy atom. The van der Waals surface area contributed by atoms with Gasteiger partial charge in [0.25, 0.3) is 0 Å². The standard InChI is InChI=1S/C11H21NO2/c1-10(2)7-9(5-6-13)8-11(3,4)12(10)14/h6,9,14H,5,7-8H2,1-4H3. The number of nitrogens with zero attached hydrogens (tertiary/aromatic N) is 1. The van der Waals surface area contributed by atoms with E-state index in [9.17, 15) is 10.0 Å². The first-order valence-corrected chi connectivity index (χ1v) is 5.22. The maximum Gasteiger partial charge on any atom is 0.120 e. The molecule has 0 amide bonds. The van der Waals surface area contributed by atoms with Crippen molar-refractivity contribution in [2.75, 3.05) is 0 Å². The maximum atomic E-state index is 10.5. The molecule has 3 nitrogen and oxygen atoms in total. The Hall–Kier alpha value is -0.410. The number of carbonyl (C=O) groups is 1. The van der Waals surface area contributed by atoms with Gasteiger partial charge in [-0.1, -0.05) is 0 Å². The minimum Gasteiger partial charge on any atom is -0.313 e. The lowest BCUT2D eigenvalue weighted by Gasteiger charge is -2.51. The summed E-state index contributed by atoms with van der Waals surface area (Å²) in [4.78, 5) is 10.5. The number of piperidine rings is 1. The molecule has 0 atom stereocenters. The second-order valence-electron chi connectivity index (χ2n) is 5.61. The van der Waals surface area contributed by atoms with Crippen molar-refractivity contribution < 1.29 is 10.0 Å². The number of carbonyl (C=O) groups excluding carboxylic acids is 1. The van der Waals surface area contributed by atoms with Crippen LogP contribution in [0.2, 0.25) is 0 Å². The molecule has 0 saturated carbocycles. The fraction of sp³-hybridized carbons (Fsp3) is 0.909. The smallest absolute Gasteiger partial charge is 0.120 e. The molecule has 1 aliphatic heterocycles. The zero-order valence-corrected chi connectivity index (χ0v) is 9.58. The number of hydrogen-bond acceptors (Lipinski definition) is 3. The minimum atomic E-state index is -0.227. The molecule has 1 fully saturated rings. The van der Waals surface area contributed by atoms with Gasteiger partial charge in [0.05, 0.1) is 0 Å². The highest BCUT2D eigenvalue weighted by molar-refractivity contribution is 5.49. The van der Waals surface area contributed by atoms with E-state index in [-0.39, 0.29) is 11.1 Å². The van der Waals surface area contributed by atoms with Crippen LogP contribution in [0.4, 0.5) is 0 Å². The molecule has 0 aromatic heterocycles. The zero-order valence-electron chi connectivity index (χ0n) is 9.58. The van der Waals surface area contributed by atoms with Crippen molar-refractivity contribution in [1.29, 1.82) is 0 Å². The lowest BCUT2D eigenvalue weighted by molar-refractivity contribution is -0.250. The van der Waals surface area contributed by atoms with Gasteiger partial charge in [0.15, 0.2) is 0 Å². The predicted molar refractivity (Wildman–Crippen MR) is 55.2 cm³/mol. The second kappa shape index (κ2) is 3.63. The minimum absolute atomic E-state index is 0.227. The molecule has 0 aromatic rings. The van der Waals surface area contributed by atoms with Crippen molar-refractivity contribution in [1.82, 2.24) is 5.06 Å². The first-order chi connectivity index (χ1) is 6.29. The molecule has 0 aliphatic carbocycles. The van der Waals surface area contributed by atoms with Crippen molar-refractivity contribution in [2.24, 2.45) is 5.92 Å². The van der Waals surface area contributed by atoms with E-state index in [1.165, 1.54) is 5.06 Å². The molecule has 0 bridgehead atoms. The lowest BCUT2D eigenvalue weighted by atomic mass is 9.74. The Morgan fingerprint density at radius 1 is 1.29 bits per heavy atom. The molecular weight excluding hydrogens is 178 g/mol. The topological polar surface area (TPSA) is 40.5 Å². The van der Waals surface area contributed by atoms with Crippen molar-refractivity contribution >= 4 is 6.29 Å². The highest BCUT2D eigenvalue weighted by Crippen LogP contribution is 2.40. The quantitative estimate of drug-likeness (QED) is 0.693. The average molecular weight is 199 g/mol. The van der Waals surface area contributed by atoms with Crippen LogP contribution in [0.1, 0.15) is 47.0 Å². The van der Waals surface area contributed by atoms with Gasteiger partial charge in [-0.25, -0.2) is 0 Å². The molecule has 1 N–H and O–H groups in total. The third kappa shape index (κ3) is 2.15. The molecule has 3 heteroatoms. The van der Waals surface area contributed by atoms with E-state index in [0.29, 0.717) is 12.3 Å². The molecule has 82 valence electrons. The molecule has 0 radical (unpaired) electrons. The summed E-state index contributed by atoms with van der Waals surface area (Å²) in [6.45, 7) is 8.08. The lowest BCUT2D eigenvalue weighted by Crippen LogP contribution is -2.58. The summed E-state index contributed by atoms with van der Waals surface area (Å²) in [5, 5.41) is 11.4. The molecular formula is C11H21NO2. The van der Waals surface area contributed by atoms with Crippen molar-refractivity contribution in [3.05, 3.63) is 0 Å². The summed E-state index contributed by atoms with van der Waals surface area (Å²) < 4.78 is 0. The second-order valence-corrected chi connectivity index (χ2v) is 5.61. The van der Waals surface area contributed by atoms with Gasteiger partial charge in [-0.2, -0.15) is 5.06 Å². The molecule has 1 aliphatic rings. The number of aldehydes is 1. The van der Waals surface area contributed by atoms with Crippen LogP contribution in [0.25, 0.3) is 0 Å². The van der Waals surface area contributed by atoms with Crippen LogP contribution >= 0.6 is 0 Å². The Bertz CT molecular complexity index is 205. The predicted octanol–water partition coefficient (Wildman–Crippen LogP) is 2.23. The normalized spacial score (nSPS) is 27.5. The first-order valence-electron chi connectivity index (χ1n) is 5.22. The summed E-state index contributed by atoms with van der Waals surface area (Å²) in [5.41, 5.74) is -0.454. The molecule has 0 aromatic carbocycles. The van der Waals surface area contributed by atoms with Gasteiger partial charge in [-0.05, 0) is 46.5 Å². The Labute approximate surface area is 86.1 Å². The monoisotopic (exact) mass is 199 g/mol. The van der Waals surface area contributed by atoms with Crippen molar-refractivity contribution in [3.63, 3.8) is 0 Å². The van der Waals surface area contributed by atoms with Crippen LogP contribution in [-0.2, 0) is 4.79 Å². The van der Waals surface area contributed by atoms with Crippen LogP contribution in [-0.4, -0.2) is 27.6 Å². The van der Waals surface area contributed by atoms with Gasteiger partial charge < -0.3 is 10.0 Å². The third-order valence-electron chi connectivity index (χ3n) is 3.15. The van der Waals surface area contributed by atoms with Crippen LogP contribution < -0.4 is 0 Å². The SMILES string of the molecule is CC1(C)CC(CC=O)CC(C)(C)N1O.